The molecule has 0 spiro atoms. The first-order chi connectivity index (χ1) is 12.6. The van der Waals surface area contributed by atoms with Gasteiger partial charge in [-0.05, 0) is 61.6 Å². The van der Waals surface area contributed by atoms with Crippen LogP contribution in [0.3, 0.4) is 0 Å². The van der Waals surface area contributed by atoms with Crippen molar-refractivity contribution in [3.05, 3.63) is 23.8 Å². The van der Waals surface area contributed by atoms with Crippen LogP contribution in [0.4, 0.5) is 0 Å². The third kappa shape index (κ3) is 8.32. The Hall–Kier alpha value is -0.126. The van der Waals surface area contributed by atoms with Crippen molar-refractivity contribution >= 4 is 32.6 Å². The fourth-order valence-electron chi connectivity index (χ4n) is 2.54. The molecule has 0 aliphatic heterocycles. The standard InChI is InChI=1S/C23H41BrO2Si2/c1-19-14-16-23(5,6)17-15-20(25-27(7,8)18-24)12-11-13-21(19)26-28(9,10)22(2,3)4/h14-15,17,20-21H,13,16,18H2,1-10H3/b17-15-,19-14+/t20?,21-/m1/s1. The second-order valence-corrected chi connectivity index (χ2v) is 21.3. The SMILES string of the molecule is C/C1=C\CC(C)(C)/C=C\C(O[Si](C)(C)CBr)C#CC[C@H]1O[Si](C)(C)C(C)(C)C. The van der Waals surface area contributed by atoms with E-state index in [2.05, 4.69) is 114 Å². The smallest absolute Gasteiger partial charge is 0.199 e. The molecule has 0 saturated heterocycles. The molecule has 1 aliphatic rings. The molecule has 0 N–H and O–H groups in total. The third-order valence-corrected chi connectivity index (χ3v) is 15.8. The van der Waals surface area contributed by atoms with Crippen LogP contribution < -0.4 is 0 Å². The van der Waals surface area contributed by atoms with Gasteiger partial charge in [0.25, 0.3) is 0 Å². The van der Waals surface area contributed by atoms with Gasteiger partial charge in [0.2, 0.25) is 0 Å². The number of hydrogen-bond donors (Lipinski definition) is 0. The first kappa shape index (κ1) is 25.9. The number of allylic oxidation sites excluding steroid dienone is 2. The summed E-state index contributed by atoms with van der Waals surface area (Å²) in [6.45, 7) is 22.7. The summed E-state index contributed by atoms with van der Waals surface area (Å²) >= 11 is 3.61. The summed E-state index contributed by atoms with van der Waals surface area (Å²) in [5, 5.41) is 0.185. The fourth-order valence-corrected chi connectivity index (χ4v) is 5.16. The zero-order chi connectivity index (χ0) is 21.8. The average molecular weight is 486 g/mol. The van der Waals surface area contributed by atoms with Gasteiger partial charge in [-0.25, -0.2) is 0 Å². The van der Waals surface area contributed by atoms with E-state index < -0.39 is 16.6 Å². The van der Waals surface area contributed by atoms with E-state index in [9.17, 15) is 0 Å². The van der Waals surface area contributed by atoms with Gasteiger partial charge >= 0.3 is 0 Å². The molecular weight excluding hydrogens is 444 g/mol. The van der Waals surface area contributed by atoms with Gasteiger partial charge < -0.3 is 8.85 Å². The van der Waals surface area contributed by atoms with E-state index in [1.165, 1.54) is 5.57 Å². The first-order valence-corrected chi connectivity index (χ1v) is 17.5. The summed E-state index contributed by atoms with van der Waals surface area (Å²) in [5.74, 6) is 6.78. The lowest BCUT2D eigenvalue weighted by Gasteiger charge is -2.39. The maximum absolute atomic E-state index is 6.76. The Bertz CT molecular complexity index is 646. The molecule has 1 unspecified atom stereocenters. The molecular formula is C23H41BrO2Si2. The molecule has 1 rings (SSSR count). The van der Waals surface area contributed by atoms with Crippen molar-refractivity contribution in [1.29, 1.82) is 0 Å². The van der Waals surface area contributed by atoms with Gasteiger partial charge in [0.05, 0.1) is 6.10 Å². The van der Waals surface area contributed by atoms with Crippen LogP contribution >= 0.6 is 15.9 Å². The highest BCUT2D eigenvalue weighted by atomic mass is 79.9. The molecule has 160 valence electrons. The van der Waals surface area contributed by atoms with E-state index in [-0.39, 0.29) is 22.7 Å². The second kappa shape index (κ2) is 9.79. The molecule has 0 aromatic rings. The fraction of sp³-hybridized carbons (Fsp3) is 0.739. The topological polar surface area (TPSA) is 18.5 Å². The Balaban J connectivity index is 3.20. The molecule has 0 aromatic carbocycles. The minimum absolute atomic E-state index is 0.0596. The predicted octanol–water partition coefficient (Wildman–Crippen LogP) is 7.23. The molecule has 0 bridgehead atoms. The van der Waals surface area contributed by atoms with E-state index >= 15 is 0 Å². The molecule has 0 amide bonds. The van der Waals surface area contributed by atoms with E-state index in [1.807, 2.05) is 0 Å². The monoisotopic (exact) mass is 484 g/mol. The van der Waals surface area contributed by atoms with Gasteiger partial charge in [0.15, 0.2) is 16.6 Å². The summed E-state index contributed by atoms with van der Waals surface area (Å²) in [4.78, 5) is 0.910. The minimum atomic E-state index is -1.87. The molecule has 1 aliphatic carbocycles. The van der Waals surface area contributed by atoms with Crippen molar-refractivity contribution in [1.82, 2.24) is 0 Å². The Kier molecular flexibility index (Phi) is 9.06. The minimum Gasteiger partial charge on any atom is -0.409 e. The van der Waals surface area contributed by atoms with Crippen molar-refractivity contribution in [3.8, 4) is 11.8 Å². The van der Waals surface area contributed by atoms with E-state index in [0.717, 1.165) is 17.8 Å². The lowest BCUT2D eigenvalue weighted by atomic mass is 9.87. The van der Waals surface area contributed by atoms with Crippen LogP contribution in [0, 0.1) is 17.3 Å². The highest BCUT2D eigenvalue weighted by Gasteiger charge is 2.39. The van der Waals surface area contributed by atoms with E-state index in [0.29, 0.717) is 0 Å². The van der Waals surface area contributed by atoms with Crippen molar-refractivity contribution in [2.75, 3.05) is 4.95 Å². The zero-order valence-corrected chi connectivity index (χ0v) is 23.3. The molecule has 0 radical (unpaired) electrons. The van der Waals surface area contributed by atoms with Crippen molar-refractivity contribution in [2.45, 2.75) is 97.8 Å². The normalized spacial score (nSPS) is 27.0. The Morgan fingerprint density at radius 3 is 2.32 bits per heavy atom. The van der Waals surface area contributed by atoms with Crippen LogP contribution in [0.25, 0.3) is 0 Å². The Labute approximate surface area is 184 Å². The van der Waals surface area contributed by atoms with Crippen LogP contribution in [0.5, 0.6) is 0 Å². The van der Waals surface area contributed by atoms with Crippen LogP contribution in [0.1, 0.15) is 54.4 Å². The molecule has 2 atom stereocenters. The van der Waals surface area contributed by atoms with Crippen LogP contribution in [0.2, 0.25) is 31.2 Å². The largest absolute Gasteiger partial charge is 0.409 e. The highest BCUT2D eigenvalue weighted by molar-refractivity contribution is 9.09. The van der Waals surface area contributed by atoms with Gasteiger partial charge in [0.1, 0.15) is 6.10 Å². The van der Waals surface area contributed by atoms with Gasteiger partial charge in [-0.3, -0.25) is 0 Å². The first-order valence-electron chi connectivity index (χ1n) is 10.3. The van der Waals surface area contributed by atoms with Crippen molar-refractivity contribution < 1.29 is 8.85 Å². The zero-order valence-electron chi connectivity index (χ0n) is 19.7. The molecule has 0 aromatic heterocycles. The van der Waals surface area contributed by atoms with Crippen molar-refractivity contribution in [3.63, 3.8) is 0 Å². The van der Waals surface area contributed by atoms with Gasteiger partial charge in [-0.1, -0.05) is 74.5 Å². The van der Waals surface area contributed by atoms with Crippen molar-refractivity contribution in [2.24, 2.45) is 5.41 Å². The lowest BCUT2D eigenvalue weighted by molar-refractivity contribution is 0.218. The quantitative estimate of drug-likeness (QED) is 0.177. The number of hydrogen-bond acceptors (Lipinski definition) is 2. The van der Waals surface area contributed by atoms with Gasteiger partial charge in [-0.2, -0.15) is 0 Å². The molecule has 5 heteroatoms. The second-order valence-electron chi connectivity index (χ2n) is 10.8. The summed E-state index contributed by atoms with van der Waals surface area (Å²) < 4.78 is 13.2. The molecule has 0 saturated carbocycles. The Morgan fingerprint density at radius 2 is 1.79 bits per heavy atom. The maximum atomic E-state index is 6.76. The molecule has 0 heterocycles. The Morgan fingerprint density at radius 1 is 1.18 bits per heavy atom. The van der Waals surface area contributed by atoms with Gasteiger partial charge in [-0.15, -0.1) is 0 Å². The average Bonchev–Trinajstić information content (AvgIpc) is 2.56. The third-order valence-electron chi connectivity index (χ3n) is 5.72. The number of alkyl halides is 1. The number of rotatable bonds is 5. The molecule has 2 nitrogen and oxygen atoms in total. The summed E-state index contributed by atoms with van der Waals surface area (Å²) in [6, 6.07) is 0. The maximum Gasteiger partial charge on any atom is 0.199 e. The number of halogens is 1. The summed E-state index contributed by atoms with van der Waals surface area (Å²) in [6.07, 6.45) is 8.39. The predicted molar refractivity (Wildman–Crippen MR) is 132 cm³/mol. The van der Waals surface area contributed by atoms with Crippen LogP contribution in [-0.4, -0.2) is 33.8 Å². The summed E-state index contributed by atoms with van der Waals surface area (Å²) in [5.41, 5.74) is 1.37. The lowest BCUT2D eigenvalue weighted by Crippen LogP contribution is -2.44. The van der Waals surface area contributed by atoms with E-state index in [4.69, 9.17) is 8.85 Å². The van der Waals surface area contributed by atoms with E-state index in [1.54, 1.807) is 0 Å². The highest BCUT2D eigenvalue weighted by Crippen LogP contribution is 2.38. The molecule has 28 heavy (non-hydrogen) atoms. The van der Waals surface area contributed by atoms with Crippen LogP contribution in [0.15, 0.2) is 23.8 Å². The van der Waals surface area contributed by atoms with Crippen LogP contribution in [-0.2, 0) is 8.85 Å². The summed E-state index contributed by atoms with van der Waals surface area (Å²) in [7, 11) is -3.63. The van der Waals surface area contributed by atoms with Gasteiger partial charge in [0, 0.05) is 11.4 Å². The molecule has 0 fully saturated rings.